The number of aryl methyl sites for hydroxylation is 1. The molecule has 2 heterocycles. The quantitative estimate of drug-likeness (QED) is 0.527. The lowest BCUT2D eigenvalue weighted by Crippen LogP contribution is -2.23. The third kappa shape index (κ3) is 4.17. The molecule has 27 heavy (non-hydrogen) atoms. The summed E-state index contributed by atoms with van der Waals surface area (Å²) in [5, 5.41) is 3.52. The van der Waals surface area contributed by atoms with Crippen LogP contribution in [0.15, 0.2) is 59.1 Å². The Morgan fingerprint density at radius 1 is 1.15 bits per heavy atom. The fraction of sp³-hybridized carbons (Fsp3) is 0.150. The van der Waals surface area contributed by atoms with Crippen molar-refractivity contribution in [2.45, 2.75) is 19.4 Å². The Morgan fingerprint density at radius 3 is 2.78 bits per heavy atom. The van der Waals surface area contributed by atoms with Crippen LogP contribution in [-0.4, -0.2) is 20.9 Å². The average molecular weight is 381 g/mol. The second kappa shape index (κ2) is 7.63. The molecular weight excluding hydrogens is 364 g/mol. The molecule has 0 aliphatic heterocycles. The zero-order chi connectivity index (χ0) is 18.6. The van der Waals surface area contributed by atoms with Gasteiger partial charge in [0.1, 0.15) is 5.82 Å². The second-order valence-electron chi connectivity index (χ2n) is 6.10. The van der Waals surface area contributed by atoms with Crippen molar-refractivity contribution in [3.05, 3.63) is 71.5 Å². The van der Waals surface area contributed by atoms with Gasteiger partial charge in [0.25, 0.3) is 0 Å². The van der Waals surface area contributed by atoms with Gasteiger partial charge < -0.3 is 14.7 Å². The van der Waals surface area contributed by atoms with E-state index in [-0.39, 0.29) is 5.91 Å². The SMILES string of the molecule is O=C(CCc1ncc(-c2ccc(Cl)cc2)o1)NCc1nc2ccccc2[nH]1. The molecular formula is C20H17ClN4O2. The van der Waals surface area contributed by atoms with Crippen molar-refractivity contribution in [2.24, 2.45) is 0 Å². The van der Waals surface area contributed by atoms with Crippen LogP contribution in [0.5, 0.6) is 0 Å². The summed E-state index contributed by atoms with van der Waals surface area (Å²) in [5.74, 6) is 1.83. The minimum absolute atomic E-state index is 0.0818. The molecule has 0 bridgehead atoms. The van der Waals surface area contributed by atoms with Crippen LogP contribution in [0.1, 0.15) is 18.1 Å². The molecule has 2 N–H and O–H groups in total. The van der Waals surface area contributed by atoms with E-state index in [9.17, 15) is 4.79 Å². The summed E-state index contributed by atoms with van der Waals surface area (Å²) in [7, 11) is 0. The number of hydrogen-bond acceptors (Lipinski definition) is 4. The van der Waals surface area contributed by atoms with E-state index in [1.54, 1.807) is 18.3 Å². The number of imidazole rings is 1. The molecule has 6 nitrogen and oxygen atoms in total. The number of amides is 1. The van der Waals surface area contributed by atoms with Gasteiger partial charge >= 0.3 is 0 Å². The first-order valence-corrected chi connectivity index (χ1v) is 8.96. The van der Waals surface area contributed by atoms with Crippen LogP contribution in [0.25, 0.3) is 22.4 Å². The van der Waals surface area contributed by atoms with Crippen molar-refractivity contribution in [3.8, 4) is 11.3 Å². The van der Waals surface area contributed by atoms with Gasteiger partial charge in [0.05, 0.1) is 23.8 Å². The standard InChI is InChI=1S/C20H17ClN4O2/c21-14-7-5-13(6-8-14)17-11-23-20(27-17)10-9-19(26)22-12-18-24-15-3-1-2-4-16(15)25-18/h1-8,11H,9-10,12H2,(H,22,26)(H,24,25). The van der Waals surface area contributed by atoms with E-state index in [1.807, 2.05) is 36.4 Å². The second-order valence-corrected chi connectivity index (χ2v) is 6.54. The van der Waals surface area contributed by atoms with E-state index in [0.717, 1.165) is 22.4 Å². The van der Waals surface area contributed by atoms with Crippen LogP contribution < -0.4 is 5.32 Å². The Morgan fingerprint density at radius 2 is 1.96 bits per heavy atom. The van der Waals surface area contributed by atoms with Crippen LogP contribution in [0.2, 0.25) is 5.02 Å². The van der Waals surface area contributed by atoms with Gasteiger partial charge in [-0.2, -0.15) is 0 Å². The summed E-state index contributed by atoms with van der Waals surface area (Å²) in [6.45, 7) is 0.356. The topological polar surface area (TPSA) is 83.8 Å². The number of oxazole rings is 1. The van der Waals surface area contributed by atoms with Gasteiger partial charge in [-0.25, -0.2) is 9.97 Å². The molecule has 0 aliphatic rings. The first-order valence-electron chi connectivity index (χ1n) is 8.58. The predicted molar refractivity (Wildman–Crippen MR) is 103 cm³/mol. The Balaban J connectivity index is 1.29. The molecule has 0 fully saturated rings. The number of carbonyl (C=O) groups excluding carboxylic acids is 1. The van der Waals surface area contributed by atoms with Gasteiger partial charge in [0.2, 0.25) is 5.91 Å². The largest absolute Gasteiger partial charge is 0.441 e. The molecule has 4 rings (SSSR count). The van der Waals surface area contributed by atoms with Crippen LogP contribution in [0, 0.1) is 0 Å². The zero-order valence-corrected chi connectivity index (χ0v) is 15.2. The maximum absolute atomic E-state index is 12.1. The molecule has 0 unspecified atom stereocenters. The number of hydrogen-bond donors (Lipinski definition) is 2. The fourth-order valence-electron chi connectivity index (χ4n) is 2.75. The number of nitrogens with one attached hydrogen (secondary N) is 2. The third-order valence-electron chi connectivity index (χ3n) is 4.14. The number of halogens is 1. The summed E-state index contributed by atoms with van der Waals surface area (Å²) in [4.78, 5) is 23.9. The van der Waals surface area contributed by atoms with E-state index in [2.05, 4.69) is 20.3 Å². The van der Waals surface area contributed by atoms with Crippen molar-refractivity contribution in [2.75, 3.05) is 0 Å². The van der Waals surface area contributed by atoms with Crippen molar-refractivity contribution < 1.29 is 9.21 Å². The van der Waals surface area contributed by atoms with Crippen molar-refractivity contribution in [1.29, 1.82) is 0 Å². The summed E-state index contributed by atoms with van der Waals surface area (Å²) in [6, 6.07) is 15.1. The Bertz CT molecular complexity index is 1040. The number of carbonyl (C=O) groups is 1. The molecule has 0 spiro atoms. The maximum Gasteiger partial charge on any atom is 0.220 e. The van der Waals surface area contributed by atoms with Gasteiger partial charge in [0.15, 0.2) is 11.7 Å². The molecule has 136 valence electrons. The van der Waals surface area contributed by atoms with E-state index < -0.39 is 0 Å². The Kier molecular flexibility index (Phi) is 4.89. The number of nitrogens with zero attached hydrogens (tertiary/aromatic N) is 2. The lowest BCUT2D eigenvalue weighted by molar-refractivity contribution is -0.121. The third-order valence-corrected chi connectivity index (χ3v) is 4.39. The molecule has 0 saturated heterocycles. The average Bonchev–Trinajstić information content (AvgIpc) is 3.32. The van der Waals surface area contributed by atoms with Gasteiger partial charge in [-0.15, -0.1) is 0 Å². The van der Waals surface area contributed by atoms with E-state index in [0.29, 0.717) is 36.1 Å². The highest BCUT2D eigenvalue weighted by molar-refractivity contribution is 6.30. The molecule has 0 atom stereocenters. The lowest BCUT2D eigenvalue weighted by atomic mass is 10.2. The molecule has 0 aliphatic carbocycles. The highest BCUT2D eigenvalue weighted by Crippen LogP contribution is 2.22. The monoisotopic (exact) mass is 380 g/mol. The summed E-state index contributed by atoms with van der Waals surface area (Å²) in [5.41, 5.74) is 2.74. The number of benzene rings is 2. The molecule has 1 amide bonds. The number of rotatable bonds is 6. The first kappa shape index (κ1) is 17.3. The molecule has 4 aromatic rings. The minimum Gasteiger partial charge on any atom is -0.441 e. The number of para-hydroxylation sites is 2. The zero-order valence-electron chi connectivity index (χ0n) is 14.4. The lowest BCUT2D eigenvalue weighted by Gasteiger charge is -2.01. The summed E-state index contributed by atoms with van der Waals surface area (Å²) in [6.07, 6.45) is 2.38. The van der Waals surface area contributed by atoms with Crippen LogP contribution >= 0.6 is 11.6 Å². The highest BCUT2D eigenvalue weighted by Gasteiger charge is 2.10. The van der Waals surface area contributed by atoms with Gasteiger partial charge in [-0.3, -0.25) is 4.79 Å². The Hall–Kier alpha value is -3.12. The summed E-state index contributed by atoms with van der Waals surface area (Å²) < 4.78 is 5.71. The Labute approximate surface area is 160 Å². The fourth-order valence-corrected chi connectivity index (χ4v) is 2.88. The number of H-pyrrole nitrogens is 1. The molecule has 2 aromatic carbocycles. The summed E-state index contributed by atoms with van der Waals surface area (Å²) >= 11 is 5.89. The van der Waals surface area contributed by atoms with E-state index >= 15 is 0 Å². The van der Waals surface area contributed by atoms with E-state index in [4.69, 9.17) is 16.0 Å². The first-order chi connectivity index (χ1) is 13.2. The van der Waals surface area contributed by atoms with Crippen molar-refractivity contribution >= 4 is 28.5 Å². The van der Waals surface area contributed by atoms with Crippen molar-refractivity contribution in [3.63, 3.8) is 0 Å². The number of aromatic nitrogens is 3. The van der Waals surface area contributed by atoms with E-state index in [1.165, 1.54) is 0 Å². The van der Waals surface area contributed by atoms with Gasteiger partial charge in [0, 0.05) is 23.4 Å². The number of aromatic amines is 1. The normalized spacial score (nSPS) is 11.0. The molecule has 0 radical (unpaired) electrons. The van der Waals surface area contributed by atoms with Gasteiger partial charge in [-0.1, -0.05) is 23.7 Å². The molecule has 0 saturated carbocycles. The maximum atomic E-state index is 12.1. The van der Waals surface area contributed by atoms with Crippen LogP contribution in [-0.2, 0) is 17.8 Å². The smallest absolute Gasteiger partial charge is 0.220 e. The number of fused-ring (bicyclic) bond motifs is 1. The van der Waals surface area contributed by atoms with Crippen LogP contribution in [0.4, 0.5) is 0 Å². The van der Waals surface area contributed by atoms with Crippen molar-refractivity contribution in [1.82, 2.24) is 20.3 Å². The highest BCUT2D eigenvalue weighted by atomic mass is 35.5. The van der Waals surface area contributed by atoms with Crippen LogP contribution in [0.3, 0.4) is 0 Å². The van der Waals surface area contributed by atoms with Gasteiger partial charge in [-0.05, 0) is 36.4 Å². The molecule has 2 aromatic heterocycles. The molecule has 7 heteroatoms. The predicted octanol–water partition coefficient (Wildman–Crippen LogP) is 4.12. The minimum atomic E-state index is -0.0818.